The minimum Gasteiger partial charge on any atom is -0.469 e. The average molecular weight is 277 g/mol. The first-order valence-electron chi connectivity index (χ1n) is 6.27. The molecular formula is C15H19NO2S. The highest BCUT2D eigenvalue weighted by molar-refractivity contribution is 8.08. The summed E-state index contributed by atoms with van der Waals surface area (Å²) in [6, 6.07) is 10.4. The Labute approximate surface area is 118 Å². The maximum atomic E-state index is 11.8. The molecule has 19 heavy (non-hydrogen) atoms. The first-order valence-corrected chi connectivity index (χ1v) is 7.26. The molecule has 0 unspecified atom stereocenters. The number of benzene rings is 1. The van der Waals surface area contributed by atoms with Crippen molar-refractivity contribution in [2.24, 2.45) is 5.92 Å². The van der Waals surface area contributed by atoms with Crippen LogP contribution >= 0.6 is 11.8 Å². The van der Waals surface area contributed by atoms with Crippen molar-refractivity contribution in [1.29, 1.82) is 0 Å². The lowest BCUT2D eigenvalue weighted by molar-refractivity contribution is -0.146. The van der Waals surface area contributed by atoms with Gasteiger partial charge in [0.15, 0.2) is 0 Å². The monoisotopic (exact) mass is 277 g/mol. The molecule has 0 aromatic heterocycles. The molecule has 2 atom stereocenters. The fourth-order valence-electron chi connectivity index (χ4n) is 2.25. The fraction of sp³-hybridized carbons (Fsp3) is 0.400. The van der Waals surface area contributed by atoms with E-state index in [9.17, 15) is 4.79 Å². The van der Waals surface area contributed by atoms with Crippen molar-refractivity contribution in [1.82, 2.24) is 4.90 Å². The zero-order valence-electron chi connectivity index (χ0n) is 11.5. The van der Waals surface area contributed by atoms with Crippen LogP contribution in [0.3, 0.4) is 0 Å². The van der Waals surface area contributed by atoms with Crippen LogP contribution in [-0.2, 0) is 9.53 Å². The van der Waals surface area contributed by atoms with Gasteiger partial charge in [-0.2, -0.15) is 0 Å². The Morgan fingerprint density at radius 2 is 2.00 bits per heavy atom. The van der Waals surface area contributed by atoms with Crippen LogP contribution in [-0.4, -0.2) is 43.9 Å². The number of nitrogens with zero attached hydrogens (tertiary/aromatic N) is 1. The lowest BCUT2D eigenvalue weighted by Gasteiger charge is -2.32. The third kappa shape index (κ3) is 3.19. The standard InChI is InChI=1S/C15H19NO2S/c1-16(2)13-9-14(11-7-5-4-6-8-11)19-10-12(13)15(17)18-3/h4-9,12-13H,10H2,1-3H3/t12-,13+/m1/s1. The molecule has 0 fully saturated rings. The summed E-state index contributed by atoms with van der Waals surface area (Å²) in [7, 11) is 5.45. The Hall–Kier alpha value is -1.26. The number of thioether (sulfide) groups is 1. The van der Waals surface area contributed by atoms with Crippen molar-refractivity contribution < 1.29 is 9.53 Å². The summed E-state index contributed by atoms with van der Waals surface area (Å²) >= 11 is 1.72. The van der Waals surface area contributed by atoms with E-state index in [0.29, 0.717) is 0 Å². The molecule has 1 aliphatic rings. The molecule has 102 valence electrons. The van der Waals surface area contributed by atoms with Crippen molar-refractivity contribution in [3.05, 3.63) is 42.0 Å². The third-order valence-corrected chi connectivity index (χ3v) is 4.52. The molecule has 0 spiro atoms. The molecule has 0 amide bonds. The van der Waals surface area contributed by atoms with Gasteiger partial charge in [0.1, 0.15) is 0 Å². The van der Waals surface area contributed by atoms with Gasteiger partial charge < -0.3 is 9.64 Å². The summed E-state index contributed by atoms with van der Waals surface area (Å²) in [5, 5.41) is 0. The minimum atomic E-state index is -0.130. The number of likely N-dealkylation sites (N-methyl/N-ethyl adjacent to an activating group) is 1. The summed E-state index contributed by atoms with van der Waals surface area (Å²) in [4.78, 5) is 15.1. The predicted octanol–water partition coefficient (Wildman–Crippen LogP) is 2.49. The number of esters is 1. The second kappa shape index (κ2) is 6.26. The number of carbonyl (C=O) groups is 1. The lowest BCUT2D eigenvalue weighted by atomic mass is 9.98. The van der Waals surface area contributed by atoms with Crippen molar-refractivity contribution in [3.8, 4) is 0 Å². The van der Waals surface area contributed by atoms with Gasteiger partial charge in [0, 0.05) is 16.7 Å². The van der Waals surface area contributed by atoms with Gasteiger partial charge in [-0.25, -0.2) is 0 Å². The van der Waals surface area contributed by atoms with Gasteiger partial charge in [-0.05, 0) is 19.7 Å². The second-order valence-electron chi connectivity index (χ2n) is 4.79. The Morgan fingerprint density at radius 3 is 2.58 bits per heavy atom. The molecule has 1 aliphatic heterocycles. The lowest BCUT2D eigenvalue weighted by Crippen LogP contribution is -2.41. The SMILES string of the molecule is COC(=O)[C@@H]1CSC(c2ccccc2)=C[C@@H]1N(C)C. The Bertz CT molecular complexity index is 470. The molecule has 0 N–H and O–H groups in total. The molecular weight excluding hydrogens is 258 g/mol. The predicted molar refractivity (Wildman–Crippen MR) is 79.9 cm³/mol. The molecule has 1 aromatic carbocycles. The van der Waals surface area contributed by atoms with Crippen LogP contribution in [0.4, 0.5) is 0 Å². The van der Waals surface area contributed by atoms with E-state index < -0.39 is 0 Å². The van der Waals surface area contributed by atoms with Crippen LogP contribution in [0.25, 0.3) is 4.91 Å². The number of methoxy groups -OCH3 is 1. The summed E-state index contributed by atoms with van der Waals surface area (Å²) in [5.74, 6) is 0.531. The van der Waals surface area contributed by atoms with Gasteiger partial charge in [0.25, 0.3) is 0 Å². The van der Waals surface area contributed by atoms with E-state index in [1.165, 1.54) is 17.6 Å². The van der Waals surface area contributed by atoms with Crippen LogP contribution < -0.4 is 0 Å². The van der Waals surface area contributed by atoms with Crippen molar-refractivity contribution >= 4 is 22.6 Å². The van der Waals surface area contributed by atoms with E-state index in [4.69, 9.17) is 4.74 Å². The van der Waals surface area contributed by atoms with Crippen molar-refractivity contribution in [2.75, 3.05) is 27.0 Å². The summed E-state index contributed by atoms with van der Waals surface area (Å²) in [6.07, 6.45) is 2.17. The summed E-state index contributed by atoms with van der Waals surface area (Å²) < 4.78 is 4.90. The number of hydrogen-bond donors (Lipinski definition) is 0. The molecule has 0 aliphatic carbocycles. The van der Waals surface area contributed by atoms with Gasteiger partial charge in [0.2, 0.25) is 0 Å². The van der Waals surface area contributed by atoms with Crippen LogP contribution in [0.1, 0.15) is 5.56 Å². The highest BCUT2D eigenvalue weighted by Crippen LogP contribution is 2.36. The minimum absolute atomic E-state index is 0.0870. The molecule has 1 aromatic rings. The smallest absolute Gasteiger partial charge is 0.311 e. The van der Waals surface area contributed by atoms with Gasteiger partial charge in [-0.1, -0.05) is 36.4 Å². The molecule has 0 saturated carbocycles. The highest BCUT2D eigenvalue weighted by Gasteiger charge is 2.33. The molecule has 3 nitrogen and oxygen atoms in total. The fourth-order valence-corrected chi connectivity index (χ4v) is 3.48. The largest absolute Gasteiger partial charge is 0.469 e. The summed E-state index contributed by atoms with van der Waals surface area (Å²) in [5.41, 5.74) is 1.21. The Balaban J connectivity index is 2.28. The maximum absolute atomic E-state index is 11.8. The van der Waals surface area contributed by atoms with E-state index in [0.717, 1.165) is 5.75 Å². The van der Waals surface area contributed by atoms with Crippen LogP contribution in [0.15, 0.2) is 36.4 Å². The van der Waals surface area contributed by atoms with Gasteiger partial charge in [0.05, 0.1) is 13.0 Å². The van der Waals surface area contributed by atoms with Crippen LogP contribution in [0, 0.1) is 5.92 Å². The molecule has 0 bridgehead atoms. The molecule has 0 saturated heterocycles. The van der Waals surface area contributed by atoms with E-state index in [-0.39, 0.29) is 17.9 Å². The first kappa shape index (κ1) is 14.2. The molecule has 0 radical (unpaired) electrons. The first-order chi connectivity index (χ1) is 9.13. The van der Waals surface area contributed by atoms with Gasteiger partial charge in [-0.3, -0.25) is 4.79 Å². The summed E-state index contributed by atoms with van der Waals surface area (Å²) in [6.45, 7) is 0. The topological polar surface area (TPSA) is 29.5 Å². The van der Waals surface area contributed by atoms with E-state index in [1.807, 2.05) is 32.3 Å². The van der Waals surface area contributed by atoms with Crippen molar-refractivity contribution in [3.63, 3.8) is 0 Å². The van der Waals surface area contributed by atoms with Gasteiger partial charge >= 0.3 is 5.97 Å². The van der Waals surface area contributed by atoms with E-state index in [1.54, 1.807) is 11.8 Å². The van der Waals surface area contributed by atoms with Gasteiger partial charge in [-0.15, -0.1) is 11.8 Å². The molecule has 4 heteroatoms. The zero-order chi connectivity index (χ0) is 13.8. The Morgan fingerprint density at radius 1 is 1.32 bits per heavy atom. The number of hydrogen-bond acceptors (Lipinski definition) is 4. The number of rotatable bonds is 3. The highest BCUT2D eigenvalue weighted by atomic mass is 32.2. The van der Waals surface area contributed by atoms with Crippen LogP contribution in [0.5, 0.6) is 0 Å². The third-order valence-electron chi connectivity index (χ3n) is 3.31. The zero-order valence-corrected chi connectivity index (χ0v) is 12.3. The van der Waals surface area contributed by atoms with E-state index >= 15 is 0 Å². The van der Waals surface area contributed by atoms with Crippen LogP contribution in [0.2, 0.25) is 0 Å². The second-order valence-corrected chi connectivity index (χ2v) is 5.85. The Kier molecular flexibility index (Phi) is 4.66. The van der Waals surface area contributed by atoms with Crippen molar-refractivity contribution in [2.45, 2.75) is 6.04 Å². The average Bonchev–Trinajstić information content (AvgIpc) is 2.46. The normalized spacial score (nSPS) is 23.1. The number of ether oxygens (including phenoxy) is 1. The molecule has 1 heterocycles. The molecule has 2 rings (SSSR count). The maximum Gasteiger partial charge on any atom is 0.311 e. The number of carbonyl (C=O) groups excluding carboxylic acids is 1. The quantitative estimate of drug-likeness (QED) is 0.794. The van der Waals surface area contributed by atoms with E-state index in [2.05, 4.69) is 23.1 Å².